The van der Waals surface area contributed by atoms with Crippen LogP contribution in [0.4, 0.5) is 5.69 Å². The number of likely N-dealkylation sites (N-methyl/N-ethyl adjacent to an activating group) is 1. The van der Waals surface area contributed by atoms with Gasteiger partial charge in [-0.25, -0.2) is 0 Å². The van der Waals surface area contributed by atoms with Crippen molar-refractivity contribution in [2.45, 2.75) is 31.2 Å². The van der Waals surface area contributed by atoms with E-state index in [9.17, 15) is 4.79 Å². The molecule has 148 valence electrons. The topological polar surface area (TPSA) is 35.6 Å². The highest BCUT2D eigenvalue weighted by atomic mass is 35.5. The summed E-state index contributed by atoms with van der Waals surface area (Å²) in [5.74, 6) is 0.134. The van der Waals surface area contributed by atoms with Crippen molar-refractivity contribution in [1.82, 2.24) is 10.2 Å². The van der Waals surface area contributed by atoms with Crippen LogP contribution in [0.5, 0.6) is 0 Å². The molecule has 2 aromatic rings. The van der Waals surface area contributed by atoms with Gasteiger partial charge in [-0.3, -0.25) is 4.79 Å². The summed E-state index contributed by atoms with van der Waals surface area (Å²) < 4.78 is 0. The molecule has 2 aliphatic rings. The van der Waals surface area contributed by atoms with Gasteiger partial charge in [0.2, 0.25) is 5.91 Å². The molecule has 1 amide bonds. The maximum atomic E-state index is 13.2. The second-order valence-electron chi connectivity index (χ2n) is 8.04. The van der Waals surface area contributed by atoms with E-state index in [0.717, 1.165) is 51.0 Å². The number of carbonyl (C=O) groups excluding carboxylic acids is 1. The molecule has 2 aromatic carbocycles. The van der Waals surface area contributed by atoms with Gasteiger partial charge < -0.3 is 15.1 Å². The number of hydrogen-bond acceptors (Lipinski definition) is 3. The first-order valence-electron chi connectivity index (χ1n) is 10.1. The molecule has 1 saturated carbocycles. The first-order valence-corrected chi connectivity index (χ1v) is 10.5. The lowest BCUT2D eigenvalue weighted by Crippen LogP contribution is -2.49. The molecule has 4 nitrogen and oxygen atoms in total. The Morgan fingerprint density at radius 3 is 2.36 bits per heavy atom. The predicted molar refractivity (Wildman–Crippen MR) is 115 cm³/mol. The van der Waals surface area contributed by atoms with Crippen LogP contribution in [-0.2, 0) is 16.8 Å². The number of piperazine rings is 1. The first-order chi connectivity index (χ1) is 13.6. The Labute approximate surface area is 172 Å². The van der Waals surface area contributed by atoms with Gasteiger partial charge in [0.15, 0.2) is 0 Å². The molecule has 1 aliphatic heterocycles. The van der Waals surface area contributed by atoms with Gasteiger partial charge in [-0.15, -0.1) is 0 Å². The Bertz CT molecular complexity index is 824. The number of benzene rings is 2. The van der Waals surface area contributed by atoms with E-state index in [-0.39, 0.29) is 5.91 Å². The molecule has 4 rings (SSSR count). The Morgan fingerprint density at radius 2 is 1.71 bits per heavy atom. The van der Waals surface area contributed by atoms with E-state index in [1.165, 1.54) is 11.3 Å². The van der Waals surface area contributed by atoms with Crippen molar-refractivity contribution >= 4 is 23.2 Å². The van der Waals surface area contributed by atoms with Crippen LogP contribution in [-0.4, -0.2) is 44.0 Å². The normalized spacial score (nSPS) is 19.1. The second kappa shape index (κ2) is 8.14. The Kier molecular flexibility index (Phi) is 5.61. The van der Waals surface area contributed by atoms with Crippen LogP contribution in [0.25, 0.3) is 0 Å². The van der Waals surface area contributed by atoms with Crippen LogP contribution in [0.3, 0.4) is 0 Å². The third-order valence-corrected chi connectivity index (χ3v) is 6.57. The second-order valence-corrected chi connectivity index (χ2v) is 8.48. The quantitative estimate of drug-likeness (QED) is 0.832. The summed E-state index contributed by atoms with van der Waals surface area (Å²) in [5, 5.41) is 3.94. The molecule has 0 unspecified atom stereocenters. The number of carbonyl (C=O) groups is 1. The first kappa shape index (κ1) is 19.3. The van der Waals surface area contributed by atoms with E-state index in [0.29, 0.717) is 11.6 Å². The van der Waals surface area contributed by atoms with Crippen molar-refractivity contribution in [3.05, 3.63) is 64.7 Å². The van der Waals surface area contributed by atoms with Gasteiger partial charge in [0.25, 0.3) is 0 Å². The summed E-state index contributed by atoms with van der Waals surface area (Å²) in [4.78, 5) is 18.0. The van der Waals surface area contributed by atoms with Gasteiger partial charge in [0.05, 0.1) is 5.41 Å². The van der Waals surface area contributed by atoms with Gasteiger partial charge in [-0.05, 0) is 49.2 Å². The molecule has 5 heteroatoms. The fraction of sp³-hybridized carbons (Fsp3) is 0.435. The lowest BCUT2D eigenvalue weighted by molar-refractivity contribution is -0.130. The van der Waals surface area contributed by atoms with E-state index in [4.69, 9.17) is 11.6 Å². The highest BCUT2D eigenvalue weighted by Gasteiger charge is 2.45. The smallest absolute Gasteiger partial charge is 0.230 e. The summed E-state index contributed by atoms with van der Waals surface area (Å²) in [6.45, 7) is 4.75. The Balaban J connectivity index is 1.47. The van der Waals surface area contributed by atoms with Crippen LogP contribution in [0.2, 0.25) is 5.02 Å². The average Bonchev–Trinajstić information content (AvgIpc) is 2.68. The zero-order valence-electron chi connectivity index (χ0n) is 16.5. The largest absolute Gasteiger partial charge is 0.369 e. The molecule has 28 heavy (non-hydrogen) atoms. The maximum Gasteiger partial charge on any atom is 0.230 e. The van der Waals surface area contributed by atoms with Gasteiger partial charge in [-0.1, -0.05) is 48.4 Å². The molecule has 1 aliphatic carbocycles. The van der Waals surface area contributed by atoms with Gasteiger partial charge >= 0.3 is 0 Å². The highest BCUT2D eigenvalue weighted by molar-refractivity contribution is 6.30. The SMILES string of the molecule is CN1CCN(c2ccccc2CNC(=O)C2(c3ccc(Cl)cc3)CCC2)CC1. The number of rotatable bonds is 5. The average molecular weight is 398 g/mol. The molecule has 0 atom stereocenters. The molecule has 1 N–H and O–H groups in total. The number of anilines is 1. The van der Waals surface area contributed by atoms with Crippen molar-refractivity contribution < 1.29 is 4.79 Å². The zero-order valence-corrected chi connectivity index (χ0v) is 17.2. The van der Waals surface area contributed by atoms with Crippen molar-refractivity contribution in [2.75, 3.05) is 38.1 Å². The Hall–Kier alpha value is -2.04. The number of halogens is 1. The lowest BCUT2D eigenvalue weighted by Gasteiger charge is -2.41. The van der Waals surface area contributed by atoms with Crippen LogP contribution < -0.4 is 10.2 Å². The van der Waals surface area contributed by atoms with Crippen molar-refractivity contribution in [1.29, 1.82) is 0 Å². The minimum Gasteiger partial charge on any atom is -0.369 e. The highest BCUT2D eigenvalue weighted by Crippen LogP contribution is 2.44. The van der Waals surface area contributed by atoms with Crippen LogP contribution in [0.1, 0.15) is 30.4 Å². The summed E-state index contributed by atoms with van der Waals surface area (Å²) in [5.41, 5.74) is 3.11. The lowest BCUT2D eigenvalue weighted by atomic mass is 9.64. The third kappa shape index (κ3) is 3.76. The van der Waals surface area contributed by atoms with Crippen molar-refractivity contribution in [3.8, 4) is 0 Å². The predicted octanol–water partition coefficient (Wildman–Crippen LogP) is 3.83. The maximum absolute atomic E-state index is 13.2. The van der Waals surface area contributed by atoms with Gasteiger partial charge in [0, 0.05) is 43.4 Å². The number of nitrogens with one attached hydrogen (secondary N) is 1. The molecule has 0 radical (unpaired) electrons. The number of para-hydroxylation sites is 1. The monoisotopic (exact) mass is 397 g/mol. The zero-order chi connectivity index (χ0) is 19.6. The molecule has 2 fully saturated rings. The fourth-order valence-corrected chi connectivity index (χ4v) is 4.43. The van der Waals surface area contributed by atoms with Crippen molar-refractivity contribution in [2.24, 2.45) is 0 Å². The number of hydrogen-bond donors (Lipinski definition) is 1. The molecule has 0 aromatic heterocycles. The van der Waals surface area contributed by atoms with Crippen LogP contribution in [0.15, 0.2) is 48.5 Å². The van der Waals surface area contributed by atoms with Crippen LogP contribution in [0, 0.1) is 0 Å². The molecule has 1 saturated heterocycles. The van der Waals surface area contributed by atoms with Gasteiger partial charge in [-0.2, -0.15) is 0 Å². The van der Waals surface area contributed by atoms with Crippen molar-refractivity contribution in [3.63, 3.8) is 0 Å². The number of nitrogens with zero attached hydrogens (tertiary/aromatic N) is 2. The van der Waals surface area contributed by atoms with E-state index < -0.39 is 5.41 Å². The van der Waals surface area contributed by atoms with E-state index in [1.54, 1.807) is 0 Å². The summed E-state index contributed by atoms with van der Waals surface area (Å²) >= 11 is 6.04. The van der Waals surface area contributed by atoms with Crippen LogP contribution >= 0.6 is 11.6 Å². The summed E-state index contributed by atoms with van der Waals surface area (Å²) in [7, 11) is 2.16. The third-order valence-electron chi connectivity index (χ3n) is 6.31. The minimum absolute atomic E-state index is 0.134. The minimum atomic E-state index is -0.395. The summed E-state index contributed by atoms with van der Waals surface area (Å²) in [6.07, 6.45) is 2.90. The molecule has 0 spiro atoms. The van der Waals surface area contributed by atoms with E-state index in [1.807, 2.05) is 24.3 Å². The number of amides is 1. The van der Waals surface area contributed by atoms with E-state index >= 15 is 0 Å². The van der Waals surface area contributed by atoms with E-state index in [2.05, 4.69) is 46.4 Å². The van der Waals surface area contributed by atoms with Gasteiger partial charge in [0.1, 0.15) is 0 Å². The standard InChI is InChI=1S/C23H28ClN3O/c1-26-13-15-27(16-14-26)21-6-3-2-5-18(21)17-25-22(28)23(11-4-12-23)19-7-9-20(24)10-8-19/h2-3,5-10H,4,11-17H2,1H3,(H,25,28). The molecule has 1 heterocycles. The molecular weight excluding hydrogens is 370 g/mol. The fourth-order valence-electron chi connectivity index (χ4n) is 4.31. The summed E-state index contributed by atoms with van der Waals surface area (Å²) in [6, 6.07) is 16.2. The Morgan fingerprint density at radius 1 is 1.04 bits per heavy atom. The molecular formula is C23H28ClN3O. The molecule has 0 bridgehead atoms.